The van der Waals surface area contributed by atoms with Gasteiger partial charge in [0.2, 0.25) is 0 Å². The van der Waals surface area contributed by atoms with Crippen LogP contribution in [0.3, 0.4) is 0 Å². The Balaban J connectivity index is 1.10. The van der Waals surface area contributed by atoms with Gasteiger partial charge in [0.05, 0.1) is 11.4 Å². The molecular weight excluding hydrogens is 757 g/mol. The molecule has 0 amide bonds. The van der Waals surface area contributed by atoms with Crippen LogP contribution in [0, 0.1) is 0 Å². The maximum atomic E-state index is 5.41. The van der Waals surface area contributed by atoms with E-state index >= 15 is 0 Å². The molecule has 286 valence electrons. The smallest absolute Gasteiger partial charge is 0.160 e. The highest BCUT2D eigenvalue weighted by molar-refractivity contribution is 7.25. The number of hydrogen-bond acceptors (Lipinski definition) is 3. The number of fused-ring (bicyclic) bond motifs is 7. The van der Waals surface area contributed by atoms with E-state index < -0.39 is 0 Å². The maximum Gasteiger partial charge on any atom is 0.160 e. The standard InChI is InChI=1S/C58H38N2S/c1-58(43-20-6-3-7-21-43)50-27-12-10-23-47(50)48-31-30-39(35-51(48)58)52-36-53(60-57(59-52)38-17-4-2-5-18-38)42-33-40(45-25-14-19-37-16-8-9-22-44(37)45)32-41(34-42)46-26-15-29-55-56(46)49-24-11-13-28-54(49)61-55/h2-36H,1H3. The number of thiophene rings is 1. The first-order valence-electron chi connectivity index (χ1n) is 20.9. The lowest BCUT2D eigenvalue weighted by atomic mass is 9.74. The van der Waals surface area contributed by atoms with Gasteiger partial charge in [-0.05, 0) is 110 Å². The average Bonchev–Trinajstić information content (AvgIpc) is 3.84. The summed E-state index contributed by atoms with van der Waals surface area (Å²) in [5.74, 6) is 0.700. The summed E-state index contributed by atoms with van der Waals surface area (Å²) >= 11 is 1.85. The Morgan fingerprint density at radius 3 is 1.82 bits per heavy atom. The first kappa shape index (κ1) is 35.5. The normalized spacial score (nSPS) is 14.4. The highest BCUT2D eigenvalue weighted by Gasteiger charge is 2.40. The number of nitrogens with zero attached hydrogens (tertiary/aromatic N) is 2. The van der Waals surface area contributed by atoms with E-state index in [9.17, 15) is 0 Å². The summed E-state index contributed by atoms with van der Waals surface area (Å²) in [6, 6.07) is 77.1. The van der Waals surface area contributed by atoms with Crippen molar-refractivity contribution >= 4 is 42.3 Å². The summed E-state index contributed by atoms with van der Waals surface area (Å²) in [5, 5.41) is 5.02. The van der Waals surface area contributed by atoms with Gasteiger partial charge in [0.1, 0.15) is 0 Å². The van der Waals surface area contributed by atoms with Crippen LogP contribution in [0.1, 0.15) is 23.6 Å². The van der Waals surface area contributed by atoms with Crippen LogP contribution >= 0.6 is 11.3 Å². The first-order valence-corrected chi connectivity index (χ1v) is 21.7. The minimum Gasteiger partial charge on any atom is -0.228 e. The Hall–Kier alpha value is -7.46. The third kappa shape index (κ3) is 5.77. The van der Waals surface area contributed by atoms with Crippen molar-refractivity contribution in [3.8, 4) is 67.3 Å². The first-order chi connectivity index (χ1) is 30.1. The molecule has 2 heterocycles. The van der Waals surface area contributed by atoms with Crippen LogP contribution in [0.2, 0.25) is 0 Å². The Morgan fingerprint density at radius 1 is 0.377 bits per heavy atom. The summed E-state index contributed by atoms with van der Waals surface area (Å²) in [7, 11) is 0. The van der Waals surface area contributed by atoms with Crippen LogP contribution in [0.15, 0.2) is 212 Å². The lowest BCUT2D eigenvalue weighted by Gasteiger charge is -2.28. The molecule has 0 N–H and O–H groups in total. The minimum absolute atomic E-state index is 0.324. The van der Waals surface area contributed by atoms with Crippen molar-refractivity contribution in [3.63, 3.8) is 0 Å². The van der Waals surface area contributed by atoms with E-state index in [1.807, 2.05) is 17.4 Å². The molecule has 2 aromatic heterocycles. The lowest BCUT2D eigenvalue weighted by molar-refractivity contribution is 0.714. The molecule has 1 atom stereocenters. The zero-order valence-electron chi connectivity index (χ0n) is 33.5. The van der Waals surface area contributed by atoms with Crippen molar-refractivity contribution in [2.24, 2.45) is 0 Å². The SMILES string of the molecule is CC1(c2ccccc2)c2ccccc2-c2ccc(-c3cc(-c4cc(-c5cccc6ccccc56)cc(-c5cccc6sc7ccccc7c56)c4)nc(-c4ccccc4)n3)cc21. The molecule has 61 heavy (non-hydrogen) atoms. The van der Waals surface area contributed by atoms with Crippen molar-refractivity contribution in [2.75, 3.05) is 0 Å². The molecule has 11 aromatic rings. The van der Waals surface area contributed by atoms with Crippen LogP contribution in [0.4, 0.5) is 0 Å². The van der Waals surface area contributed by atoms with Crippen LogP contribution in [-0.2, 0) is 5.41 Å². The van der Waals surface area contributed by atoms with Gasteiger partial charge < -0.3 is 0 Å². The topological polar surface area (TPSA) is 25.8 Å². The van der Waals surface area contributed by atoms with Crippen LogP contribution in [-0.4, -0.2) is 9.97 Å². The van der Waals surface area contributed by atoms with Crippen molar-refractivity contribution in [3.05, 3.63) is 229 Å². The van der Waals surface area contributed by atoms with Crippen molar-refractivity contribution < 1.29 is 0 Å². The Bertz CT molecular complexity index is 3490. The summed E-state index contributed by atoms with van der Waals surface area (Å²) < 4.78 is 2.58. The zero-order valence-corrected chi connectivity index (χ0v) is 34.3. The Kier molecular flexibility index (Phi) is 8.19. The summed E-state index contributed by atoms with van der Waals surface area (Å²) in [5.41, 5.74) is 15.7. The second-order valence-corrected chi connectivity index (χ2v) is 17.3. The van der Waals surface area contributed by atoms with Crippen LogP contribution in [0.5, 0.6) is 0 Å². The molecule has 3 heteroatoms. The molecule has 0 bridgehead atoms. The van der Waals surface area contributed by atoms with Gasteiger partial charge in [0.25, 0.3) is 0 Å². The van der Waals surface area contributed by atoms with E-state index in [0.717, 1.165) is 39.2 Å². The second kappa shape index (κ2) is 14.1. The average molecular weight is 795 g/mol. The van der Waals surface area contributed by atoms with Gasteiger partial charge in [0, 0.05) is 42.3 Å². The monoisotopic (exact) mass is 794 g/mol. The number of hydrogen-bond donors (Lipinski definition) is 0. The zero-order chi connectivity index (χ0) is 40.5. The van der Waals surface area contributed by atoms with E-state index in [1.54, 1.807) is 0 Å². The molecular formula is C58H38N2S. The molecule has 2 nitrogen and oxygen atoms in total. The van der Waals surface area contributed by atoms with Crippen LogP contribution < -0.4 is 0 Å². The Labute approximate surface area is 359 Å². The van der Waals surface area contributed by atoms with Gasteiger partial charge in [0.15, 0.2) is 5.82 Å². The molecule has 1 aliphatic rings. The van der Waals surface area contributed by atoms with Gasteiger partial charge in [-0.25, -0.2) is 9.97 Å². The molecule has 0 fully saturated rings. The molecule has 9 aromatic carbocycles. The number of aromatic nitrogens is 2. The quantitative estimate of drug-likeness (QED) is 0.168. The fraction of sp³-hybridized carbons (Fsp3) is 0.0345. The molecule has 0 saturated heterocycles. The fourth-order valence-corrected chi connectivity index (χ4v) is 10.9. The predicted octanol–water partition coefficient (Wildman–Crippen LogP) is 15.7. The van der Waals surface area contributed by atoms with E-state index in [0.29, 0.717) is 5.82 Å². The van der Waals surface area contributed by atoms with Crippen molar-refractivity contribution in [2.45, 2.75) is 12.3 Å². The highest BCUT2D eigenvalue weighted by Crippen LogP contribution is 2.53. The number of benzene rings is 9. The second-order valence-electron chi connectivity index (χ2n) is 16.2. The highest BCUT2D eigenvalue weighted by atomic mass is 32.1. The summed E-state index contributed by atoms with van der Waals surface area (Å²) in [4.78, 5) is 10.8. The molecule has 0 spiro atoms. The van der Waals surface area contributed by atoms with Gasteiger partial charge in [-0.15, -0.1) is 11.3 Å². The van der Waals surface area contributed by atoms with Gasteiger partial charge in [-0.2, -0.15) is 0 Å². The van der Waals surface area contributed by atoms with Crippen LogP contribution in [0.25, 0.3) is 98.2 Å². The van der Waals surface area contributed by atoms with Gasteiger partial charge >= 0.3 is 0 Å². The van der Waals surface area contributed by atoms with E-state index in [2.05, 4.69) is 213 Å². The van der Waals surface area contributed by atoms with E-state index in [-0.39, 0.29) is 5.41 Å². The van der Waals surface area contributed by atoms with Crippen molar-refractivity contribution in [1.82, 2.24) is 9.97 Å². The molecule has 12 rings (SSSR count). The number of rotatable bonds is 6. The predicted molar refractivity (Wildman–Crippen MR) is 257 cm³/mol. The lowest BCUT2D eigenvalue weighted by Crippen LogP contribution is -2.22. The largest absolute Gasteiger partial charge is 0.228 e. The third-order valence-corrected chi connectivity index (χ3v) is 13.9. The van der Waals surface area contributed by atoms with Gasteiger partial charge in [-0.1, -0.05) is 170 Å². The molecule has 1 unspecified atom stereocenters. The minimum atomic E-state index is -0.324. The van der Waals surface area contributed by atoms with E-state index in [1.165, 1.54) is 69.9 Å². The third-order valence-electron chi connectivity index (χ3n) is 12.8. The maximum absolute atomic E-state index is 5.41. The summed E-state index contributed by atoms with van der Waals surface area (Å²) in [6.45, 7) is 2.37. The van der Waals surface area contributed by atoms with E-state index in [4.69, 9.17) is 9.97 Å². The molecule has 0 saturated carbocycles. The fourth-order valence-electron chi connectivity index (χ4n) is 9.77. The molecule has 1 aliphatic carbocycles. The molecule has 0 aliphatic heterocycles. The van der Waals surface area contributed by atoms with Crippen molar-refractivity contribution in [1.29, 1.82) is 0 Å². The van der Waals surface area contributed by atoms with Gasteiger partial charge in [-0.3, -0.25) is 0 Å². The Morgan fingerprint density at radius 2 is 0.967 bits per heavy atom. The molecule has 0 radical (unpaired) electrons. The summed E-state index contributed by atoms with van der Waals surface area (Å²) in [6.07, 6.45) is 0.